The largest absolute Gasteiger partial charge is 0.481 e. The van der Waals surface area contributed by atoms with Crippen LogP contribution in [0.4, 0.5) is 0 Å². The second-order valence-corrected chi connectivity index (χ2v) is 9.55. The van der Waals surface area contributed by atoms with Gasteiger partial charge in [-0.2, -0.15) is 0 Å². The number of aliphatic carboxylic acids is 3. The number of rotatable bonds is 11. The average Bonchev–Trinajstić information content (AvgIpc) is 3.22. The van der Waals surface area contributed by atoms with Gasteiger partial charge in [0.1, 0.15) is 0 Å². The highest BCUT2D eigenvalue weighted by Crippen LogP contribution is 2.22. The zero-order valence-electron chi connectivity index (χ0n) is 18.1. The van der Waals surface area contributed by atoms with E-state index in [2.05, 4.69) is 41.6 Å². The lowest BCUT2D eigenvalue weighted by Gasteiger charge is -2.23. The second-order valence-electron chi connectivity index (χ2n) is 7.55. The number of carboxylic acids is 3. The first-order valence-corrected chi connectivity index (χ1v) is 11.5. The number of hydrogen-bond acceptors (Lipinski definition) is 8. The van der Waals surface area contributed by atoms with Crippen LogP contribution in [0.2, 0.25) is 0 Å². The van der Waals surface area contributed by atoms with Gasteiger partial charge in [-0.05, 0) is 54.8 Å². The van der Waals surface area contributed by atoms with E-state index in [-0.39, 0.29) is 6.10 Å². The van der Waals surface area contributed by atoms with Gasteiger partial charge in [-0.15, -0.1) is 22.7 Å². The maximum Gasteiger partial charge on any atom is 0.336 e. The summed E-state index contributed by atoms with van der Waals surface area (Å²) in [5.74, 6) is -5.02. The van der Waals surface area contributed by atoms with E-state index in [0.717, 1.165) is 13.1 Å². The van der Waals surface area contributed by atoms with Gasteiger partial charge < -0.3 is 25.5 Å². The Morgan fingerprint density at radius 1 is 0.938 bits per heavy atom. The molecule has 2 heterocycles. The molecule has 2 rings (SSSR count). The van der Waals surface area contributed by atoms with Gasteiger partial charge in [-0.25, -0.2) is 4.79 Å². The summed E-state index contributed by atoms with van der Waals surface area (Å²) in [5, 5.41) is 47.8. The summed E-state index contributed by atoms with van der Waals surface area (Å²) in [7, 11) is 0. The Kier molecular flexibility index (Phi) is 11.0. The monoisotopic (exact) mass is 487 g/mol. The number of aliphatic hydroxyl groups is 2. The van der Waals surface area contributed by atoms with E-state index in [4.69, 9.17) is 20.4 Å². The highest BCUT2D eigenvalue weighted by atomic mass is 32.1. The molecule has 1 unspecified atom stereocenters. The minimum Gasteiger partial charge on any atom is -0.481 e. The summed E-state index contributed by atoms with van der Waals surface area (Å²) in [6, 6.07) is 4.33. The zero-order valence-corrected chi connectivity index (χ0v) is 19.8. The molecular weight excluding hydrogens is 458 g/mol. The molecule has 2 aromatic rings. The third-order valence-electron chi connectivity index (χ3n) is 4.48. The summed E-state index contributed by atoms with van der Waals surface area (Å²) < 4.78 is 0. The molecule has 9 nitrogen and oxygen atoms in total. The van der Waals surface area contributed by atoms with Crippen molar-refractivity contribution in [2.24, 2.45) is 0 Å². The van der Waals surface area contributed by atoms with Crippen LogP contribution in [-0.2, 0) is 27.5 Å². The molecule has 1 atom stereocenters. The van der Waals surface area contributed by atoms with Gasteiger partial charge in [0.2, 0.25) is 0 Å². The van der Waals surface area contributed by atoms with Crippen molar-refractivity contribution < 1.29 is 39.9 Å². The highest BCUT2D eigenvalue weighted by molar-refractivity contribution is 7.10. The van der Waals surface area contributed by atoms with Crippen LogP contribution in [-0.4, -0.2) is 66.6 Å². The molecule has 0 spiro atoms. The molecule has 0 aliphatic carbocycles. The molecule has 0 bridgehead atoms. The molecule has 0 saturated heterocycles. The quantitative estimate of drug-likeness (QED) is 0.321. The van der Waals surface area contributed by atoms with Crippen LogP contribution < -0.4 is 0 Å². The molecule has 2 aromatic heterocycles. The lowest BCUT2D eigenvalue weighted by atomic mass is 9.96. The molecule has 0 saturated carbocycles. The molecule has 11 heteroatoms. The number of nitrogens with zero attached hydrogens (tertiary/aromatic N) is 1. The topological polar surface area (TPSA) is 156 Å². The van der Waals surface area contributed by atoms with Crippen molar-refractivity contribution in [3.63, 3.8) is 0 Å². The Bertz CT molecular complexity index is 847. The summed E-state index contributed by atoms with van der Waals surface area (Å²) in [5.41, 5.74) is -0.0375. The maximum atomic E-state index is 10.3. The highest BCUT2D eigenvalue weighted by Gasteiger charge is 2.40. The number of aliphatic hydroxyl groups excluding tert-OH is 1. The van der Waals surface area contributed by atoms with Crippen molar-refractivity contribution in [2.45, 2.75) is 58.4 Å². The fraction of sp³-hybridized carbons (Fsp3) is 0.476. The minimum absolute atomic E-state index is 0.291. The van der Waals surface area contributed by atoms with Crippen molar-refractivity contribution >= 4 is 40.6 Å². The Labute approximate surface area is 194 Å². The normalized spacial score (nSPS) is 12.2. The van der Waals surface area contributed by atoms with E-state index in [1.165, 1.54) is 20.9 Å². The van der Waals surface area contributed by atoms with E-state index in [0.29, 0.717) is 6.54 Å². The van der Waals surface area contributed by atoms with Gasteiger partial charge in [-0.3, -0.25) is 14.5 Å². The molecule has 0 aliphatic heterocycles. The van der Waals surface area contributed by atoms with Crippen molar-refractivity contribution in [1.82, 2.24) is 4.90 Å². The van der Waals surface area contributed by atoms with Crippen LogP contribution in [0, 0.1) is 13.8 Å². The standard InChI is InChI=1S/C15H21NOS2.C6H8O7/c1-11-4-6-18-14(11)9-16(8-13(3)17)10-15-12(2)5-7-19-15;7-3(8)1-6(13,5(11)12)2-4(9)10/h4-7,13,17H,8-10H2,1-3H3;13H,1-2H2,(H,7,8)(H,9,10)(H,11,12). The zero-order chi connectivity index (χ0) is 24.5. The Morgan fingerprint density at radius 2 is 1.34 bits per heavy atom. The molecule has 0 radical (unpaired) electrons. The van der Waals surface area contributed by atoms with E-state index < -0.39 is 36.4 Å². The second kappa shape index (κ2) is 12.7. The predicted octanol–water partition coefficient (Wildman–Crippen LogP) is 2.56. The first-order valence-electron chi connectivity index (χ1n) is 9.69. The molecule has 0 aliphatic rings. The Hall–Kier alpha value is -2.31. The number of thiophene rings is 2. The molecule has 32 heavy (non-hydrogen) atoms. The molecule has 0 amide bonds. The molecule has 0 aromatic carbocycles. The van der Waals surface area contributed by atoms with Crippen molar-refractivity contribution in [3.8, 4) is 0 Å². The van der Waals surface area contributed by atoms with Crippen molar-refractivity contribution in [3.05, 3.63) is 43.8 Å². The number of hydrogen-bond donors (Lipinski definition) is 5. The van der Waals surface area contributed by atoms with E-state index in [1.807, 2.05) is 6.92 Å². The van der Waals surface area contributed by atoms with Gasteiger partial charge in [0.05, 0.1) is 18.9 Å². The number of aryl methyl sites for hydroxylation is 2. The SMILES string of the molecule is Cc1ccsc1CN(Cc1sccc1C)CC(C)O.O=C(O)CC(O)(CC(=O)O)C(=O)O. The van der Waals surface area contributed by atoms with Crippen LogP contribution in [0.25, 0.3) is 0 Å². The van der Waals surface area contributed by atoms with Crippen LogP contribution >= 0.6 is 22.7 Å². The maximum absolute atomic E-state index is 10.3. The van der Waals surface area contributed by atoms with Crippen LogP contribution in [0.5, 0.6) is 0 Å². The third kappa shape index (κ3) is 9.45. The van der Waals surface area contributed by atoms with Gasteiger partial charge in [0.15, 0.2) is 5.60 Å². The summed E-state index contributed by atoms with van der Waals surface area (Å²) in [6.45, 7) is 8.73. The molecule has 5 N–H and O–H groups in total. The van der Waals surface area contributed by atoms with Gasteiger partial charge in [-0.1, -0.05) is 0 Å². The number of carboxylic acid groups (broad SMARTS) is 3. The summed E-state index contributed by atoms with van der Waals surface area (Å²) >= 11 is 3.60. The van der Waals surface area contributed by atoms with E-state index >= 15 is 0 Å². The summed E-state index contributed by atoms with van der Waals surface area (Å²) in [6.07, 6.45) is -2.58. The molecule has 178 valence electrons. The molecular formula is C21H29NO8S2. The first-order chi connectivity index (χ1) is 14.8. The first kappa shape index (κ1) is 27.7. The fourth-order valence-corrected chi connectivity index (χ4v) is 4.71. The van der Waals surface area contributed by atoms with Crippen molar-refractivity contribution in [1.29, 1.82) is 0 Å². The predicted molar refractivity (Wildman–Crippen MR) is 121 cm³/mol. The smallest absolute Gasteiger partial charge is 0.336 e. The van der Waals surface area contributed by atoms with Crippen LogP contribution in [0.15, 0.2) is 22.9 Å². The van der Waals surface area contributed by atoms with Gasteiger partial charge in [0.25, 0.3) is 0 Å². The summed E-state index contributed by atoms with van der Waals surface area (Å²) in [4.78, 5) is 35.6. The van der Waals surface area contributed by atoms with Gasteiger partial charge >= 0.3 is 17.9 Å². The van der Waals surface area contributed by atoms with Crippen molar-refractivity contribution in [2.75, 3.05) is 6.54 Å². The fourth-order valence-electron chi connectivity index (χ4n) is 2.81. The van der Waals surface area contributed by atoms with E-state index in [1.54, 1.807) is 22.7 Å². The molecule has 0 fully saturated rings. The lowest BCUT2D eigenvalue weighted by molar-refractivity contribution is -0.170. The number of carbonyl (C=O) groups is 3. The van der Waals surface area contributed by atoms with Crippen LogP contribution in [0.3, 0.4) is 0 Å². The van der Waals surface area contributed by atoms with E-state index in [9.17, 15) is 19.5 Å². The lowest BCUT2D eigenvalue weighted by Crippen LogP contribution is -2.42. The third-order valence-corrected chi connectivity index (χ3v) is 6.49. The van der Waals surface area contributed by atoms with Gasteiger partial charge in [0, 0.05) is 29.4 Å². The Morgan fingerprint density at radius 3 is 1.59 bits per heavy atom. The average molecular weight is 488 g/mol. The minimum atomic E-state index is -2.74. The Balaban J connectivity index is 0.000000347. The van der Waals surface area contributed by atoms with Crippen LogP contribution in [0.1, 0.15) is 40.6 Å².